The van der Waals surface area contributed by atoms with Crippen LogP contribution in [0.15, 0.2) is 24.3 Å². The number of anilines is 1. The van der Waals surface area contributed by atoms with E-state index in [9.17, 15) is 4.79 Å². The maximum atomic E-state index is 12.1. The molecule has 1 aliphatic carbocycles. The van der Waals surface area contributed by atoms with Gasteiger partial charge in [0.05, 0.1) is 6.54 Å². The first-order valence-electron chi connectivity index (χ1n) is 7.43. The van der Waals surface area contributed by atoms with Crippen molar-refractivity contribution in [2.75, 3.05) is 25.5 Å². The fraction of sp³-hybridized carbons (Fsp3) is 0.562. The third-order valence-corrected chi connectivity index (χ3v) is 3.99. The fourth-order valence-corrected chi connectivity index (χ4v) is 2.63. The molecule has 110 valence electrons. The Hall–Kier alpha value is -1.39. The number of carbonyl (C=O) groups is 1. The van der Waals surface area contributed by atoms with Crippen LogP contribution in [-0.2, 0) is 11.2 Å². The topological polar surface area (TPSA) is 58.4 Å². The Morgan fingerprint density at radius 1 is 1.50 bits per heavy atom. The average Bonchev–Trinajstić information content (AvgIpc) is 3.24. The zero-order chi connectivity index (χ0) is 14.5. The van der Waals surface area contributed by atoms with Gasteiger partial charge in [0.25, 0.3) is 0 Å². The zero-order valence-corrected chi connectivity index (χ0v) is 12.4. The molecule has 2 rings (SSSR count). The van der Waals surface area contributed by atoms with Gasteiger partial charge in [-0.15, -0.1) is 0 Å². The maximum Gasteiger partial charge on any atom is 0.238 e. The van der Waals surface area contributed by atoms with Crippen molar-refractivity contribution in [3.63, 3.8) is 0 Å². The van der Waals surface area contributed by atoms with E-state index < -0.39 is 0 Å². The summed E-state index contributed by atoms with van der Waals surface area (Å²) in [7, 11) is 1.98. The summed E-state index contributed by atoms with van der Waals surface area (Å²) in [5.74, 6) is 0.709. The predicted molar refractivity (Wildman–Crippen MR) is 82.6 cm³/mol. The minimum absolute atomic E-state index is 0.0276. The molecule has 3 N–H and O–H groups in total. The number of hydrogen-bond acceptors (Lipinski definition) is 3. The summed E-state index contributed by atoms with van der Waals surface area (Å²) in [6.45, 7) is 3.13. The lowest BCUT2D eigenvalue weighted by Gasteiger charge is -2.26. The second-order valence-corrected chi connectivity index (χ2v) is 5.66. The Bertz CT molecular complexity index is 457. The summed E-state index contributed by atoms with van der Waals surface area (Å²) in [5.41, 5.74) is 7.91. The molecular formula is C16H25N3O. The number of aryl methyl sites for hydroxylation is 1. The molecule has 0 heterocycles. The van der Waals surface area contributed by atoms with E-state index >= 15 is 0 Å². The van der Waals surface area contributed by atoms with Crippen molar-refractivity contribution < 1.29 is 4.79 Å². The van der Waals surface area contributed by atoms with Gasteiger partial charge >= 0.3 is 0 Å². The van der Waals surface area contributed by atoms with Gasteiger partial charge in [0.1, 0.15) is 0 Å². The normalized spacial score (nSPS) is 16.2. The molecule has 0 aromatic heterocycles. The Morgan fingerprint density at radius 3 is 2.85 bits per heavy atom. The van der Waals surface area contributed by atoms with Crippen LogP contribution in [0.25, 0.3) is 0 Å². The van der Waals surface area contributed by atoms with E-state index in [1.54, 1.807) is 0 Å². The lowest BCUT2D eigenvalue weighted by atomic mass is 10.1. The molecule has 1 unspecified atom stereocenters. The molecule has 0 saturated heterocycles. The van der Waals surface area contributed by atoms with Gasteiger partial charge in [0.15, 0.2) is 0 Å². The highest BCUT2D eigenvalue weighted by Crippen LogP contribution is 2.34. The minimum atomic E-state index is 0.0276. The molecule has 1 amide bonds. The molecule has 0 aliphatic heterocycles. The summed E-state index contributed by atoms with van der Waals surface area (Å²) in [6.07, 6.45) is 3.46. The quantitative estimate of drug-likeness (QED) is 0.798. The highest BCUT2D eigenvalue weighted by atomic mass is 16.2. The van der Waals surface area contributed by atoms with Crippen LogP contribution in [0.3, 0.4) is 0 Å². The Kier molecular flexibility index (Phi) is 5.15. The molecule has 0 radical (unpaired) electrons. The molecule has 1 aromatic rings. The molecule has 20 heavy (non-hydrogen) atoms. The van der Waals surface area contributed by atoms with Crippen LogP contribution in [0.2, 0.25) is 0 Å². The van der Waals surface area contributed by atoms with E-state index in [0.717, 1.165) is 12.1 Å². The molecule has 0 spiro atoms. The highest BCUT2D eigenvalue weighted by Gasteiger charge is 2.33. The van der Waals surface area contributed by atoms with Crippen LogP contribution in [0, 0.1) is 5.92 Å². The highest BCUT2D eigenvalue weighted by molar-refractivity contribution is 5.92. The zero-order valence-electron chi connectivity index (χ0n) is 12.4. The number of benzene rings is 1. The smallest absolute Gasteiger partial charge is 0.238 e. The molecule has 1 aromatic carbocycles. The second kappa shape index (κ2) is 6.86. The van der Waals surface area contributed by atoms with E-state index in [1.165, 1.54) is 18.4 Å². The molecule has 4 nitrogen and oxygen atoms in total. The van der Waals surface area contributed by atoms with Crippen LogP contribution < -0.4 is 11.1 Å². The number of nitrogens with two attached hydrogens (primary N) is 1. The molecule has 1 fully saturated rings. The van der Waals surface area contributed by atoms with Crippen molar-refractivity contribution in [2.45, 2.75) is 32.2 Å². The number of nitrogens with zero attached hydrogens (tertiary/aromatic N) is 1. The molecule has 1 saturated carbocycles. The summed E-state index contributed by atoms with van der Waals surface area (Å²) in [6, 6.07) is 8.34. The summed E-state index contributed by atoms with van der Waals surface area (Å²) in [4.78, 5) is 14.2. The van der Waals surface area contributed by atoms with Crippen molar-refractivity contribution in [1.82, 2.24) is 4.90 Å². The Labute approximate surface area is 121 Å². The minimum Gasteiger partial charge on any atom is -0.329 e. The molecular weight excluding hydrogens is 250 g/mol. The van der Waals surface area contributed by atoms with Gasteiger partial charge in [-0.1, -0.05) is 19.1 Å². The van der Waals surface area contributed by atoms with Gasteiger partial charge in [-0.3, -0.25) is 9.69 Å². The standard InChI is InChI=1S/C16H25N3O/c1-3-12-5-4-6-14(9-12)18-16(20)11-19(2)15(10-17)13-7-8-13/h4-6,9,13,15H,3,7-8,10-11,17H2,1-2H3,(H,18,20). The van der Waals surface area contributed by atoms with Crippen molar-refractivity contribution in [2.24, 2.45) is 11.7 Å². The molecule has 1 aliphatic rings. The van der Waals surface area contributed by atoms with E-state index in [4.69, 9.17) is 5.73 Å². The number of nitrogens with one attached hydrogen (secondary N) is 1. The lowest BCUT2D eigenvalue weighted by Crippen LogP contribution is -2.43. The number of amides is 1. The molecule has 4 heteroatoms. The second-order valence-electron chi connectivity index (χ2n) is 5.66. The number of hydrogen-bond donors (Lipinski definition) is 2. The van der Waals surface area contributed by atoms with E-state index in [1.807, 2.05) is 25.2 Å². The largest absolute Gasteiger partial charge is 0.329 e. The molecule has 1 atom stereocenters. The predicted octanol–water partition coefficient (Wildman–Crippen LogP) is 1.86. The van der Waals surface area contributed by atoms with E-state index in [-0.39, 0.29) is 5.91 Å². The summed E-state index contributed by atoms with van der Waals surface area (Å²) < 4.78 is 0. The first-order chi connectivity index (χ1) is 9.63. The van der Waals surface area contributed by atoms with E-state index in [2.05, 4.69) is 23.2 Å². The van der Waals surface area contributed by atoms with Gasteiger partial charge in [-0.2, -0.15) is 0 Å². The fourth-order valence-electron chi connectivity index (χ4n) is 2.63. The van der Waals surface area contributed by atoms with Crippen molar-refractivity contribution in [1.29, 1.82) is 0 Å². The Morgan fingerprint density at radius 2 is 2.25 bits per heavy atom. The third kappa shape index (κ3) is 4.05. The monoisotopic (exact) mass is 275 g/mol. The van der Waals surface area contributed by atoms with Crippen LogP contribution >= 0.6 is 0 Å². The van der Waals surface area contributed by atoms with Gasteiger partial charge in [-0.05, 0) is 49.9 Å². The summed E-state index contributed by atoms with van der Waals surface area (Å²) in [5, 5.41) is 2.96. The number of likely N-dealkylation sites (N-methyl/N-ethyl adjacent to an activating group) is 1. The maximum absolute atomic E-state index is 12.1. The van der Waals surface area contributed by atoms with Gasteiger partial charge in [-0.25, -0.2) is 0 Å². The third-order valence-electron chi connectivity index (χ3n) is 3.99. The van der Waals surface area contributed by atoms with Crippen molar-refractivity contribution in [3.8, 4) is 0 Å². The molecule has 0 bridgehead atoms. The summed E-state index contributed by atoms with van der Waals surface area (Å²) >= 11 is 0. The van der Waals surface area contributed by atoms with Gasteiger partial charge in [0, 0.05) is 18.3 Å². The van der Waals surface area contributed by atoms with Gasteiger partial charge in [0.2, 0.25) is 5.91 Å². The first-order valence-corrected chi connectivity index (χ1v) is 7.43. The van der Waals surface area contributed by atoms with E-state index in [0.29, 0.717) is 25.0 Å². The van der Waals surface area contributed by atoms with Crippen LogP contribution in [0.4, 0.5) is 5.69 Å². The van der Waals surface area contributed by atoms with Crippen LogP contribution in [0.1, 0.15) is 25.3 Å². The van der Waals surface area contributed by atoms with Crippen LogP contribution in [-0.4, -0.2) is 37.0 Å². The van der Waals surface area contributed by atoms with Gasteiger partial charge < -0.3 is 11.1 Å². The Balaban J connectivity index is 1.87. The SMILES string of the molecule is CCc1cccc(NC(=O)CN(C)C(CN)C2CC2)c1. The number of rotatable bonds is 7. The average molecular weight is 275 g/mol. The lowest BCUT2D eigenvalue weighted by molar-refractivity contribution is -0.117. The first kappa shape index (κ1) is 15.0. The van der Waals surface area contributed by atoms with Crippen molar-refractivity contribution >= 4 is 11.6 Å². The van der Waals surface area contributed by atoms with Crippen LogP contribution in [0.5, 0.6) is 0 Å². The van der Waals surface area contributed by atoms with Crippen molar-refractivity contribution in [3.05, 3.63) is 29.8 Å². The number of carbonyl (C=O) groups excluding carboxylic acids is 1.